The summed E-state index contributed by atoms with van der Waals surface area (Å²) in [5.41, 5.74) is 7.19. The van der Waals surface area contributed by atoms with Crippen LogP contribution in [0, 0.1) is 11.8 Å². The molecule has 0 aliphatic carbocycles. The number of hydrogen-bond acceptors (Lipinski definition) is 4. The van der Waals surface area contributed by atoms with Gasteiger partial charge in [-0.05, 0) is 55.5 Å². The molecule has 6 heteroatoms. The van der Waals surface area contributed by atoms with Gasteiger partial charge in [-0.3, -0.25) is 9.69 Å². The number of piperidine rings is 1. The van der Waals surface area contributed by atoms with Gasteiger partial charge in [0.05, 0.1) is 13.2 Å². The second-order valence-electron chi connectivity index (χ2n) is 7.08. The summed E-state index contributed by atoms with van der Waals surface area (Å²) < 4.78 is 5.19. The lowest BCUT2D eigenvalue weighted by Crippen LogP contribution is -2.46. The third kappa shape index (κ3) is 6.84. The molecule has 1 heterocycles. The number of amides is 1. The minimum Gasteiger partial charge on any atom is -0.497 e. The van der Waals surface area contributed by atoms with Crippen molar-refractivity contribution < 1.29 is 9.53 Å². The van der Waals surface area contributed by atoms with Gasteiger partial charge >= 0.3 is 0 Å². The number of carbonyl (C=O) groups is 1. The zero-order valence-corrected chi connectivity index (χ0v) is 16.3. The third-order valence-corrected chi connectivity index (χ3v) is 4.86. The number of nitrogens with one attached hydrogen (secondary N) is 1. The Morgan fingerprint density at radius 3 is 2.40 bits per heavy atom. The van der Waals surface area contributed by atoms with E-state index < -0.39 is 6.04 Å². The smallest absolute Gasteiger partial charge is 0.237 e. The molecule has 1 aromatic rings. The van der Waals surface area contributed by atoms with Gasteiger partial charge in [0.25, 0.3) is 0 Å². The number of benzene rings is 1. The van der Waals surface area contributed by atoms with Gasteiger partial charge in [0.2, 0.25) is 5.91 Å². The molecule has 0 saturated carbocycles. The minimum atomic E-state index is -0.403. The van der Waals surface area contributed by atoms with Gasteiger partial charge in [0.15, 0.2) is 0 Å². The first-order valence-corrected chi connectivity index (χ1v) is 8.88. The molecule has 1 aliphatic heterocycles. The average Bonchev–Trinajstić information content (AvgIpc) is 2.60. The summed E-state index contributed by atoms with van der Waals surface area (Å²) in [6.45, 7) is 7.81. The van der Waals surface area contributed by atoms with Crippen molar-refractivity contribution in [3.8, 4) is 5.75 Å². The second-order valence-corrected chi connectivity index (χ2v) is 7.08. The molecule has 0 spiro atoms. The Balaban J connectivity index is 0.00000312. The average molecular weight is 370 g/mol. The van der Waals surface area contributed by atoms with Gasteiger partial charge in [-0.15, -0.1) is 12.4 Å². The molecule has 0 bridgehead atoms. The van der Waals surface area contributed by atoms with Gasteiger partial charge < -0.3 is 15.8 Å². The molecular formula is C19H32ClN3O2. The summed E-state index contributed by atoms with van der Waals surface area (Å²) in [4.78, 5) is 14.4. The molecule has 0 unspecified atom stereocenters. The van der Waals surface area contributed by atoms with Crippen LogP contribution in [0.2, 0.25) is 0 Å². The van der Waals surface area contributed by atoms with Crippen LogP contribution in [0.3, 0.4) is 0 Å². The van der Waals surface area contributed by atoms with E-state index in [2.05, 4.69) is 22.3 Å². The van der Waals surface area contributed by atoms with Gasteiger partial charge in [-0.2, -0.15) is 0 Å². The number of carbonyl (C=O) groups excluding carboxylic acids is 1. The highest BCUT2D eigenvalue weighted by molar-refractivity contribution is 5.85. The van der Waals surface area contributed by atoms with E-state index in [1.807, 2.05) is 26.0 Å². The fraction of sp³-hybridized carbons (Fsp3) is 0.632. The highest BCUT2D eigenvalue weighted by Gasteiger charge is 2.22. The molecule has 142 valence electrons. The van der Waals surface area contributed by atoms with Gasteiger partial charge in [-0.25, -0.2) is 0 Å². The summed E-state index contributed by atoms with van der Waals surface area (Å²) in [6, 6.07) is 7.86. The van der Waals surface area contributed by atoms with Gasteiger partial charge in [-0.1, -0.05) is 26.0 Å². The van der Waals surface area contributed by atoms with Crippen LogP contribution in [0.4, 0.5) is 0 Å². The number of hydrogen-bond donors (Lipinski definition) is 2. The Morgan fingerprint density at radius 1 is 1.28 bits per heavy atom. The van der Waals surface area contributed by atoms with Crippen molar-refractivity contribution in [2.45, 2.75) is 39.3 Å². The topological polar surface area (TPSA) is 67.6 Å². The van der Waals surface area contributed by atoms with Crippen LogP contribution in [-0.2, 0) is 11.3 Å². The monoisotopic (exact) mass is 369 g/mol. The van der Waals surface area contributed by atoms with Crippen LogP contribution in [0.25, 0.3) is 0 Å². The third-order valence-electron chi connectivity index (χ3n) is 4.86. The first-order chi connectivity index (χ1) is 11.5. The number of halogens is 1. The molecule has 5 nitrogen and oxygen atoms in total. The Hall–Kier alpha value is -1.30. The van der Waals surface area contributed by atoms with Crippen LogP contribution in [0.5, 0.6) is 5.75 Å². The number of likely N-dealkylation sites (tertiary alicyclic amines) is 1. The Bertz CT molecular complexity index is 514. The maximum Gasteiger partial charge on any atom is 0.237 e. The molecule has 25 heavy (non-hydrogen) atoms. The van der Waals surface area contributed by atoms with Crippen molar-refractivity contribution >= 4 is 18.3 Å². The molecule has 1 atom stereocenters. The van der Waals surface area contributed by atoms with E-state index in [9.17, 15) is 4.79 Å². The molecule has 1 aliphatic rings. The lowest BCUT2D eigenvalue weighted by atomic mass is 9.96. The highest BCUT2D eigenvalue weighted by Crippen LogP contribution is 2.19. The second kappa shape index (κ2) is 10.6. The van der Waals surface area contributed by atoms with Crippen LogP contribution in [0.1, 0.15) is 32.3 Å². The molecular weight excluding hydrogens is 338 g/mol. The van der Waals surface area contributed by atoms with Crippen LogP contribution >= 0.6 is 12.4 Å². The lowest BCUT2D eigenvalue weighted by molar-refractivity contribution is -0.123. The fourth-order valence-electron chi connectivity index (χ4n) is 3.00. The van der Waals surface area contributed by atoms with E-state index in [4.69, 9.17) is 10.5 Å². The number of nitrogens with zero attached hydrogens (tertiary/aromatic N) is 1. The number of rotatable bonds is 7. The van der Waals surface area contributed by atoms with E-state index in [0.29, 0.717) is 5.92 Å². The summed E-state index contributed by atoms with van der Waals surface area (Å²) in [7, 11) is 1.69. The van der Waals surface area contributed by atoms with Crippen LogP contribution in [-0.4, -0.2) is 43.6 Å². The zero-order valence-electron chi connectivity index (χ0n) is 15.5. The highest BCUT2D eigenvalue weighted by atomic mass is 35.5. The number of ether oxygens (including phenoxy) is 1. The van der Waals surface area contributed by atoms with Gasteiger partial charge in [0, 0.05) is 13.1 Å². The summed E-state index contributed by atoms with van der Waals surface area (Å²) >= 11 is 0. The Labute approximate surface area is 157 Å². The standard InChI is InChI=1S/C19H31N3O2.ClH/c1-14(2)18(20)19(23)21-12-15-8-10-22(11-9-15)13-16-4-6-17(24-3)7-5-16;/h4-7,14-15,18H,8-13,20H2,1-3H3,(H,21,23);1H/t18-;/m0./s1. The molecule has 1 amide bonds. The van der Waals surface area contributed by atoms with Crippen LogP contribution < -0.4 is 15.8 Å². The van der Waals surface area contributed by atoms with Crippen molar-refractivity contribution in [3.05, 3.63) is 29.8 Å². The van der Waals surface area contributed by atoms with Crippen LogP contribution in [0.15, 0.2) is 24.3 Å². The summed E-state index contributed by atoms with van der Waals surface area (Å²) in [6.07, 6.45) is 2.24. The first-order valence-electron chi connectivity index (χ1n) is 8.88. The fourth-order valence-corrected chi connectivity index (χ4v) is 3.00. The lowest BCUT2D eigenvalue weighted by Gasteiger charge is -2.32. The van der Waals surface area contributed by atoms with Crippen molar-refractivity contribution in [1.29, 1.82) is 0 Å². The predicted octanol–water partition coefficient (Wildman–Crippen LogP) is 2.43. The van der Waals surface area contributed by atoms with E-state index in [-0.39, 0.29) is 24.2 Å². The summed E-state index contributed by atoms with van der Waals surface area (Å²) in [5, 5.41) is 3.01. The molecule has 1 fully saturated rings. The van der Waals surface area contributed by atoms with E-state index in [1.54, 1.807) is 7.11 Å². The molecule has 3 N–H and O–H groups in total. The number of methoxy groups -OCH3 is 1. The minimum absolute atomic E-state index is 0. The predicted molar refractivity (Wildman–Crippen MR) is 104 cm³/mol. The van der Waals surface area contributed by atoms with Gasteiger partial charge in [0.1, 0.15) is 5.75 Å². The largest absolute Gasteiger partial charge is 0.497 e. The van der Waals surface area contributed by atoms with Crippen molar-refractivity contribution in [2.75, 3.05) is 26.7 Å². The molecule has 1 saturated heterocycles. The molecule has 0 aromatic heterocycles. The quantitative estimate of drug-likeness (QED) is 0.774. The first kappa shape index (κ1) is 21.7. The summed E-state index contributed by atoms with van der Waals surface area (Å²) in [5.74, 6) is 1.61. The number of nitrogens with two attached hydrogens (primary N) is 1. The molecule has 1 aromatic carbocycles. The van der Waals surface area contributed by atoms with Crippen molar-refractivity contribution in [1.82, 2.24) is 10.2 Å². The molecule has 0 radical (unpaired) electrons. The maximum absolute atomic E-state index is 11.9. The maximum atomic E-state index is 11.9. The van der Waals surface area contributed by atoms with Crippen molar-refractivity contribution in [2.24, 2.45) is 17.6 Å². The van der Waals surface area contributed by atoms with E-state index >= 15 is 0 Å². The van der Waals surface area contributed by atoms with Crippen molar-refractivity contribution in [3.63, 3.8) is 0 Å². The Morgan fingerprint density at radius 2 is 1.88 bits per heavy atom. The zero-order chi connectivity index (χ0) is 17.5. The molecule has 2 rings (SSSR count). The SMILES string of the molecule is COc1ccc(CN2CCC(CNC(=O)[C@@H](N)C(C)C)CC2)cc1.Cl. The van der Waals surface area contributed by atoms with E-state index in [1.165, 1.54) is 5.56 Å². The normalized spacial score (nSPS) is 17.0. The van der Waals surface area contributed by atoms with E-state index in [0.717, 1.165) is 44.8 Å². The Kier molecular flexibility index (Phi) is 9.25.